The van der Waals surface area contributed by atoms with E-state index in [1.165, 1.54) is 11.2 Å². The molecular weight excluding hydrogens is 242 g/mol. The summed E-state index contributed by atoms with van der Waals surface area (Å²) >= 11 is 0. The lowest BCUT2D eigenvalue weighted by molar-refractivity contribution is -0.118. The third-order valence-corrected chi connectivity index (χ3v) is 4.32. The first-order valence-electron chi connectivity index (χ1n) is 5.91. The fraction of sp³-hybridized carbons (Fsp3) is 0.900. The van der Waals surface area contributed by atoms with Gasteiger partial charge in [0.25, 0.3) is 10.2 Å². The Bertz CT molecular complexity index is 356. The van der Waals surface area contributed by atoms with Crippen molar-refractivity contribution in [1.29, 1.82) is 0 Å². The Morgan fingerprint density at radius 3 is 2.71 bits per heavy atom. The van der Waals surface area contributed by atoms with Crippen molar-refractivity contribution >= 4 is 16.1 Å². The fourth-order valence-electron chi connectivity index (χ4n) is 1.87. The number of carbonyl (C=O) groups is 1. The number of piperidine rings is 1. The average molecular weight is 263 g/mol. The Labute approximate surface area is 103 Å². The number of hydrogen-bond acceptors (Lipinski definition) is 3. The van der Waals surface area contributed by atoms with Gasteiger partial charge in [-0.1, -0.05) is 6.92 Å². The van der Waals surface area contributed by atoms with Gasteiger partial charge in [-0.25, -0.2) is 4.72 Å². The van der Waals surface area contributed by atoms with E-state index >= 15 is 0 Å². The summed E-state index contributed by atoms with van der Waals surface area (Å²) in [5.41, 5.74) is 0. The van der Waals surface area contributed by atoms with E-state index in [1.807, 2.05) is 0 Å². The highest BCUT2D eigenvalue weighted by Gasteiger charge is 2.26. The van der Waals surface area contributed by atoms with Gasteiger partial charge in [0.1, 0.15) is 0 Å². The van der Waals surface area contributed by atoms with Crippen LogP contribution in [0.2, 0.25) is 0 Å². The van der Waals surface area contributed by atoms with Gasteiger partial charge in [-0.05, 0) is 18.8 Å². The van der Waals surface area contributed by atoms with Crippen molar-refractivity contribution < 1.29 is 13.2 Å². The normalized spacial score (nSPS) is 22.4. The molecule has 1 fully saturated rings. The molecule has 17 heavy (non-hydrogen) atoms. The molecule has 0 radical (unpaired) electrons. The zero-order chi connectivity index (χ0) is 12.9. The second-order valence-electron chi connectivity index (χ2n) is 4.49. The maximum Gasteiger partial charge on any atom is 0.279 e. The molecule has 1 atom stereocenters. The molecule has 0 saturated carbocycles. The number of amides is 1. The third kappa shape index (κ3) is 5.01. The van der Waals surface area contributed by atoms with Gasteiger partial charge in [0.2, 0.25) is 5.91 Å². The molecule has 0 aliphatic carbocycles. The molecule has 0 aromatic carbocycles. The lowest BCUT2D eigenvalue weighted by Crippen LogP contribution is -2.47. The molecular formula is C10H21N3O3S. The summed E-state index contributed by atoms with van der Waals surface area (Å²) in [4.78, 5) is 10.6. The topological polar surface area (TPSA) is 78.5 Å². The molecule has 0 bridgehead atoms. The molecule has 0 aromatic heterocycles. The van der Waals surface area contributed by atoms with Gasteiger partial charge in [-0.3, -0.25) is 4.79 Å². The van der Waals surface area contributed by atoms with Crippen LogP contribution >= 0.6 is 0 Å². The van der Waals surface area contributed by atoms with Crippen LogP contribution in [0.3, 0.4) is 0 Å². The SMILES string of the molecule is CC(=O)NCCNS(=O)(=O)N1CCC[C@H](C)C1. The van der Waals surface area contributed by atoms with Crippen molar-refractivity contribution in [2.24, 2.45) is 5.92 Å². The summed E-state index contributed by atoms with van der Waals surface area (Å²) in [7, 11) is -3.38. The number of rotatable bonds is 5. The molecule has 2 N–H and O–H groups in total. The van der Waals surface area contributed by atoms with Crippen LogP contribution in [-0.2, 0) is 15.0 Å². The first-order chi connectivity index (χ1) is 7.92. The van der Waals surface area contributed by atoms with Gasteiger partial charge in [0.15, 0.2) is 0 Å². The van der Waals surface area contributed by atoms with E-state index in [4.69, 9.17) is 0 Å². The van der Waals surface area contributed by atoms with Crippen LogP contribution in [0.25, 0.3) is 0 Å². The average Bonchev–Trinajstić information content (AvgIpc) is 2.24. The van der Waals surface area contributed by atoms with E-state index in [-0.39, 0.29) is 12.5 Å². The Kier molecular flexibility index (Phi) is 5.35. The van der Waals surface area contributed by atoms with E-state index in [1.54, 1.807) is 0 Å². The van der Waals surface area contributed by atoms with Crippen LogP contribution in [0.5, 0.6) is 0 Å². The smallest absolute Gasteiger partial charge is 0.279 e. The van der Waals surface area contributed by atoms with Crippen LogP contribution in [0, 0.1) is 5.92 Å². The van der Waals surface area contributed by atoms with Crippen LogP contribution in [0.15, 0.2) is 0 Å². The monoisotopic (exact) mass is 263 g/mol. The van der Waals surface area contributed by atoms with Gasteiger partial charge in [-0.15, -0.1) is 0 Å². The molecule has 7 heteroatoms. The number of carbonyl (C=O) groups excluding carboxylic acids is 1. The molecule has 1 aliphatic rings. The fourth-order valence-corrected chi connectivity index (χ4v) is 3.24. The minimum Gasteiger partial charge on any atom is -0.355 e. The van der Waals surface area contributed by atoms with Crippen molar-refractivity contribution in [1.82, 2.24) is 14.3 Å². The van der Waals surface area contributed by atoms with Crippen LogP contribution in [-0.4, -0.2) is 44.8 Å². The van der Waals surface area contributed by atoms with Gasteiger partial charge in [0.05, 0.1) is 0 Å². The zero-order valence-electron chi connectivity index (χ0n) is 10.4. The predicted molar refractivity (Wildman–Crippen MR) is 65.6 cm³/mol. The van der Waals surface area contributed by atoms with E-state index in [0.717, 1.165) is 12.8 Å². The van der Waals surface area contributed by atoms with Crippen LogP contribution in [0.4, 0.5) is 0 Å². The van der Waals surface area contributed by atoms with E-state index in [2.05, 4.69) is 17.0 Å². The van der Waals surface area contributed by atoms with Crippen LogP contribution in [0.1, 0.15) is 26.7 Å². The Morgan fingerprint density at radius 2 is 2.12 bits per heavy atom. The second kappa shape index (κ2) is 6.32. The minimum absolute atomic E-state index is 0.157. The highest BCUT2D eigenvalue weighted by atomic mass is 32.2. The largest absolute Gasteiger partial charge is 0.355 e. The standard InChI is InChI=1S/C10H21N3O3S/c1-9-4-3-7-13(8-9)17(15,16)12-6-5-11-10(2)14/h9,12H,3-8H2,1-2H3,(H,11,14)/t9-/m0/s1. The molecule has 1 heterocycles. The van der Waals surface area contributed by atoms with Crippen LogP contribution < -0.4 is 10.0 Å². The van der Waals surface area contributed by atoms with E-state index < -0.39 is 10.2 Å². The molecule has 0 spiro atoms. The molecule has 6 nitrogen and oxygen atoms in total. The summed E-state index contributed by atoms with van der Waals surface area (Å²) in [6, 6.07) is 0. The number of nitrogens with one attached hydrogen (secondary N) is 2. The van der Waals surface area contributed by atoms with E-state index in [0.29, 0.717) is 25.6 Å². The molecule has 1 aliphatic heterocycles. The summed E-state index contributed by atoms with van der Waals surface area (Å²) < 4.78 is 27.7. The zero-order valence-corrected chi connectivity index (χ0v) is 11.2. The first kappa shape index (κ1) is 14.4. The van der Waals surface area contributed by atoms with Gasteiger partial charge in [0, 0.05) is 33.1 Å². The van der Waals surface area contributed by atoms with Crippen molar-refractivity contribution in [2.75, 3.05) is 26.2 Å². The second-order valence-corrected chi connectivity index (χ2v) is 6.24. The summed E-state index contributed by atoms with van der Waals surface area (Å²) in [6.07, 6.45) is 1.99. The maximum atomic E-state index is 11.9. The molecule has 1 rings (SSSR count). The molecule has 0 unspecified atom stereocenters. The summed E-state index contributed by atoms with van der Waals surface area (Å²) in [5, 5.41) is 2.55. The Balaban J connectivity index is 2.37. The predicted octanol–water partition coefficient (Wildman–Crippen LogP) is -0.311. The highest BCUT2D eigenvalue weighted by Crippen LogP contribution is 2.17. The lowest BCUT2D eigenvalue weighted by atomic mass is 10.0. The first-order valence-corrected chi connectivity index (χ1v) is 7.35. The third-order valence-electron chi connectivity index (χ3n) is 2.74. The summed E-state index contributed by atoms with van der Waals surface area (Å²) in [5.74, 6) is 0.256. The van der Waals surface area contributed by atoms with Crippen molar-refractivity contribution in [3.8, 4) is 0 Å². The Morgan fingerprint density at radius 1 is 1.41 bits per heavy atom. The van der Waals surface area contributed by atoms with Crippen molar-refractivity contribution in [3.05, 3.63) is 0 Å². The van der Waals surface area contributed by atoms with Gasteiger partial charge < -0.3 is 5.32 Å². The van der Waals surface area contributed by atoms with Gasteiger partial charge in [-0.2, -0.15) is 12.7 Å². The number of hydrogen-bond donors (Lipinski definition) is 2. The quantitative estimate of drug-likeness (QED) is 0.668. The molecule has 100 valence electrons. The number of nitrogens with zero attached hydrogens (tertiary/aromatic N) is 1. The Hall–Kier alpha value is -0.660. The molecule has 1 saturated heterocycles. The van der Waals surface area contributed by atoms with Crippen molar-refractivity contribution in [3.63, 3.8) is 0 Å². The van der Waals surface area contributed by atoms with Crippen molar-refractivity contribution in [2.45, 2.75) is 26.7 Å². The maximum absolute atomic E-state index is 11.9. The lowest BCUT2D eigenvalue weighted by Gasteiger charge is -2.29. The molecule has 1 amide bonds. The van der Waals surface area contributed by atoms with E-state index in [9.17, 15) is 13.2 Å². The van der Waals surface area contributed by atoms with Gasteiger partial charge >= 0.3 is 0 Å². The highest BCUT2D eigenvalue weighted by molar-refractivity contribution is 7.87. The summed E-state index contributed by atoms with van der Waals surface area (Å²) in [6.45, 7) is 5.17. The molecule has 0 aromatic rings. The minimum atomic E-state index is -3.38.